The van der Waals surface area contributed by atoms with Gasteiger partial charge in [0, 0.05) is 0 Å². The summed E-state index contributed by atoms with van der Waals surface area (Å²) >= 11 is 0. The summed E-state index contributed by atoms with van der Waals surface area (Å²) in [4.78, 5) is 23.8. The van der Waals surface area contributed by atoms with Gasteiger partial charge in [-0.1, -0.05) is 52.9 Å². The van der Waals surface area contributed by atoms with Crippen LogP contribution in [0.1, 0.15) is 72.1 Å². The molecule has 0 aliphatic rings. The summed E-state index contributed by atoms with van der Waals surface area (Å²) in [6.07, 6.45) is 3.21. The number of carbonyl (C=O) groups is 2. The first kappa shape index (κ1) is 20.9. The number of carboxylic acid groups (broad SMARTS) is 1. The summed E-state index contributed by atoms with van der Waals surface area (Å²) in [5.41, 5.74) is -4.95. The molecule has 0 amide bonds. The van der Waals surface area contributed by atoms with E-state index in [1.54, 1.807) is 0 Å². The fourth-order valence-corrected chi connectivity index (χ4v) is 2.26. The zero-order valence-corrected chi connectivity index (χ0v) is 13.9. The molecular weight excluding hydrogens is 288 g/mol. The van der Waals surface area contributed by atoms with Gasteiger partial charge in [-0.15, -0.1) is 0 Å². The third-order valence-electron chi connectivity index (χ3n) is 3.89. The average molecular weight is 318 g/mol. The molecule has 0 radical (unpaired) electrons. The Morgan fingerprint density at radius 2 is 1.32 bits per heavy atom. The van der Waals surface area contributed by atoms with Crippen molar-refractivity contribution in [3.8, 4) is 0 Å². The third kappa shape index (κ3) is 4.95. The minimum Gasteiger partial charge on any atom is -0.479 e. The van der Waals surface area contributed by atoms with Crippen LogP contribution in [0.4, 0.5) is 0 Å². The van der Waals surface area contributed by atoms with Crippen LogP contribution in [0.5, 0.6) is 0 Å². The topological polar surface area (TPSA) is 104 Å². The second kappa shape index (κ2) is 9.79. The van der Waals surface area contributed by atoms with Gasteiger partial charge in [0.1, 0.15) is 0 Å². The van der Waals surface area contributed by atoms with Crippen molar-refractivity contribution in [1.82, 2.24) is 0 Å². The fraction of sp³-hybridized carbons (Fsp3) is 0.875. The molecule has 2 atom stereocenters. The van der Waals surface area contributed by atoms with E-state index in [0.717, 1.165) is 6.42 Å². The average Bonchev–Trinajstić information content (AvgIpc) is 2.49. The summed E-state index contributed by atoms with van der Waals surface area (Å²) in [7, 11) is 0. The van der Waals surface area contributed by atoms with Crippen LogP contribution in [0.3, 0.4) is 0 Å². The number of aliphatic hydroxyl groups is 2. The second-order valence-electron chi connectivity index (χ2n) is 5.72. The Kier molecular flexibility index (Phi) is 9.28. The monoisotopic (exact) mass is 318 g/mol. The minimum absolute atomic E-state index is 0.104. The Hall–Kier alpha value is -1.14. The molecule has 0 aliphatic carbocycles. The summed E-state index contributed by atoms with van der Waals surface area (Å²) in [6.45, 7) is 5.72. The molecular formula is C16H30O6. The number of rotatable bonds is 12. The SMILES string of the molecule is CCCCOC(=O)C(O)(CCCC)C(O)(CCCC)C(=O)O. The van der Waals surface area contributed by atoms with Crippen molar-refractivity contribution in [2.24, 2.45) is 0 Å². The molecule has 0 spiro atoms. The van der Waals surface area contributed by atoms with Gasteiger partial charge >= 0.3 is 11.9 Å². The van der Waals surface area contributed by atoms with Crippen molar-refractivity contribution in [2.75, 3.05) is 6.61 Å². The van der Waals surface area contributed by atoms with E-state index < -0.39 is 23.1 Å². The van der Waals surface area contributed by atoms with Crippen LogP contribution in [0.2, 0.25) is 0 Å². The van der Waals surface area contributed by atoms with E-state index in [4.69, 9.17) is 4.74 Å². The van der Waals surface area contributed by atoms with Crippen LogP contribution in [0, 0.1) is 0 Å². The normalized spacial score (nSPS) is 16.6. The van der Waals surface area contributed by atoms with Gasteiger partial charge in [-0.2, -0.15) is 0 Å². The van der Waals surface area contributed by atoms with Crippen LogP contribution in [0.15, 0.2) is 0 Å². The van der Waals surface area contributed by atoms with Gasteiger partial charge in [-0.25, -0.2) is 9.59 Å². The van der Waals surface area contributed by atoms with E-state index in [1.807, 2.05) is 20.8 Å². The van der Waals surface area contributed by atoms with Crippen LogP contribution >= 0.6 is 0 Å². The Labute approximate surface area is 132 Å². The largest absolute Gasteiger partial charge is 0.479 e. The summed E-state index contributed by atoms with van der Waals surface area (Å²) < 4.78 is 5.01. The van der Waals surface area contributed by atoms with Gasteiger partial charge in [0.25, 0.3) is 0 Å². The van der Waals surface area contributed by atoms with Gasteiger partial charge < -0.3 is 20.1 Å². The quantitative estimate of drug-likeness (QED) is 0.376. The smallest absolute Gasteiger partial charge is 0.341 e. The molecule has 3 N–H and O–H groups in total. The van der Waals surface area contributed by atoms with Gasteiger partial charge in [-0.05, 0) is 19.3 Å². The Balaban J connectivity index is 5.40. The highest BCUT2D eigenvalue weighted by Crippen LogP contribution is 2.34. The van der Waals surface area contributed by atoms with Crippen molar-refractivity contribution >= 4 is 11.9 Å². The van der Waals surface area contributed by atoms with Gasteiger partial charge in [0.15, 0.2) is 0 Å². The molecule has 2 unspecified atom stereocenters. The lowest BCUT2D eigenvalue weighted by molar-refractivity contribution is -0.213. The first-order valence-electron chi connectivity index (χ1n) is 8.15. The number of aliphatic carboxylic acids is 1. The number of ether oxygens (including phenoxy) is 1. The Morgan fingerprint density at radius 1 is 0.864 bits per heavy atom. The molecule has 0 rings (SSSR count). The number of carbonyl (C=O) groups excluding carboxylic acids is 1. The maximum absolute atomic E-state index is 12.3. The maximum atomic E-state index is 12.3. The predicted molar refractivity (Wildman–Crippen MR) is 82.5 cm³/mol. The molecule has 0 saturated carbocycles. The molecule has 0 heterocycles. The van der Waals surface area contributed by atoms with Gasteiger partial charge in [0.2, 0.25) is 11.2 Å². The lowest BCUT2D eigenvalue weighted by Gasteiger charge is -2.38. The van der Waals surface area contributed by atoms with E-state index in [2.05, 4.69) is 0 Å². The summed E-state index contributed by atoms with van der Waals surface area (Å²) in [5, 5.41) is 30.7. The van der Waals surface area contributed by atoms with Gasteiger partial charge in [0.05, 0.1) is 6.61 Å². The minimum atomic E-state index is -2.53. The second-order valence-corrected chi connectivity index (χ2v) is 5.72. The number of unbranched alkanes of at least 4 members (excludes halogenated alkanes) is 3. The van der Waals surface area contributed by atoms with Crippen molar-refractivity contribution in [3.05, 3.63) is 0 Å². The standard InChI is InChI=1S/C16H30O6/c1-4-7-10-15(20,13(17)18)16(21,11-8-5-2)14(19)22-12-9-6-3/h20-21H,4-12H2,1-3H3,(H,17,18). The summed E-state index contributed by atoms with van der Waals surface area (Å²) in [6, 6.07) is 0. The highest BCUT2D eigenvalue weighted by atomic mass is 16.6. The number of hydrogen-bond donors (Lipinski definition) is 3. The van der Waals surface area contributed by atoms with E-state index in [1.165, 1.54) is 0 Å². The van der Waals surface area contributed by atoms with Crippen molar-refractivity contribution in [2.45, 2.75) is 83.3 Å². The molecule has 0 fully saturated rings. The Bertz CT molecular complexity index is 357. The third-order valence-corrected chi connectivity index (χ3v) is 3.89. The van der Waals surface area contributed by atoms with Crippen molar-refractivity contribution in [3.63, 3.8) is 0 Å². The molecule has 0 aromatic carbocycles. The van der Waals surface area contributed by atoms with Crippen LogP contribution in [-0.2, 0) is 14.3 Å². The predicted octanol–water partition coefficient (Wildman–Crippen LogP) is 2.26. The molecule has 130 valence electrons. The highest BCUT2D eigenvalue weighted by Gasteiger charge is 2.60. The first-order chi connectivity index (χ1) is 10.3. The molecule has 0 aromatic heterocycles. The van der Waals surface area contributed by atoms with Crippen LogP contribution in [-0.4, -0.2) is 45.1 Å². The number of esters is 1. The van der Waals surface area contributed by atoms with Crippen LogP contribution in [0.25, 0.3) is 0 Å². The Morgan fingerprint density at radius 3 is 1.73 bits per heavy atom. The lowest BCUT2D eigenvalue weighted by Crippen LogP contribution is -2.64. The molecule has 0 saturated heterocycles. The van der Waals surface area contributed by atoms with E-state index in [9.17, 15) is 24.9 Å². The van der Waals surface area contributed by atoms with E-state index in [0.29, 0.717) is 32.1 Å². The van der Waals surface area contributed by atoms with Crippen LogP contribution < -0.4 is 0 Å². The van der Waals surface area contributed by atoms with Crippen molar-refractivity contribution < 1.29 is 29.6 Å². The highest BCUT2D eigenvalue weighted by molar-refractivity contribution is 5.91. The molecule has 0 aromatic rings. The maximum Gasteiger partial charge on any atom is 0.341 e. The number of hydrogen-bond acceptors (Lipinski definition) is 5. The number of carboxylic acids is 1. The zero-order valence-electron chi connectivity index (χ0n) is 13.9. The molecule has 0 aliphatic heterocycles. The fourth-order valence-electron chi connectivity index (χ4n) is 2.26. The van der Waals surface area contributed by atoms with Crippen molar-refractivity contribution in [1.29, 1.82) is 0 Å². The molecule has 6 nitrogen and oxygen atoms in total. The first-order valence-corrected chi connectivity index (χ1v) is 8.15. The molecule has 0 bridgehead atoms. The van der Waals surface area contributed by atoms with E-state index in [-0.39, 0.29) is 19.4 Å². The van der Waals surface area contributed by atoms with E-state index >= 15 is 0 Å². The molecule has 22 heavy (non-hydrogen) atoms. The lowest BCUT2D eigenvalue weighted by atomic mass is 9.76. The molecule has 6 heteroatoms. The zero-order chi connectivity index (χ0) is 17.2. The van der Waals surface area contributed by atoms with Gasteiger partial charge in [-0.3, -0.25) is 0 Å². The summed E-state index contributed by atoms with van der Waals surface area (Å²) in [5.74, 6) is -2.64.